The van der Waals surface area contributed by atoms with Crippen LogP contribution < -0.4 is 5.32 Å². The van der Waals surface area contributed by atoms with Crippen molar-refractivity contribution in [2.24, 2.45) is 7.05 Å². The first kappa shape index (κ1) is 10.4. The smallest absolute Gasteiger partial charge is 0.240 e. The van der Waals surface area contributed by atoms with Crippen LogP contribution in [0.15, 0.2) is 17.0 Å². The van der Waals surface area contributed by atoms with Gasteiger partial charge in [0.2, 0.25) is 11.7 Å². The number of imidazole rings is 1. The molecular formula is C10H11N5O. The Hall–Kier alpha value is -2.13. The maximum atomic E-state index is 5.10. The molecule has 0 unspecified atom stereocenters. The summed E-state index contributed by atoms with van der Waals surface area (Å²) in [5.41, 5.74) is 0.812. The number of rotatable bonds is 4. The fourth-order valence-corrected chi connectivity index (χ4v) is 1.24. The van der Waals surface area contributed by atoms with Crippen LogP contribution in [0.3, 0.4) is 0 Å². The molecule has 16 heavy (non-hydrogen) atoms. The van der Waals surface area contributed by atoms with Crippen molar-refractivity contribution >= 4 is 0 Å². The van der Waals surface area contributed by atoms with Crippen molar-refractivity contribution in [1.82, 2.24) is 25.0 Å². The maximum absolute atomic E-state index is 5.10. The van der Waals surface area contributed by atoms with Crippen molar-refractivity contribution in [3.63, 3.8) is 0 Å². The molecule has 0 amide bonds. The second kappa shape index (κ2) is 4.59. The normalized spacial score (nSPS) is 10.2. The minimum absolute atomic E-state index is 0.467. The molecule has 0 fully saturated rings. The minimum Gasteiger partial charge on any atom is -0.337 e. The van der Waals surface area contributed by atoms with E-state index in [2.05, 4.69) is 26.4 Å². The molecule has 82 valence electrons. The first-order valence-corrected chi connectivity index (χ1v) is 4.74. The van der Waals surface area contributed by atoms with Crippen molar-refractivity contribution < 1.29 is 4.52 Å². The Morgan fingerprint density at radius 3 is 3.19 bits per heavy atom. The highest BCUT2D eigenvalue weighted by Crippen LogP contribution is 2.13. The highest BCUT2D eigenvalue weighted by atomic mass is 16.5. The zero-order chi connectivity index (χ0) is 11.4. The van der Waals surface area contributed by atoms with Gasteiger partial charge in [-0.2, -0.15) is 4.98 Å². The van der Waals surface area contributed by atoms with E-state index in [0.717, 1.165) is 5.69 Å². The topological polar surface area (TPSA) is 68.8 Å². The van der Waals surface area contributed by atoms with Gasteiger partial charge in [-0.25, -0.2) is 4.98 Å². The molecule has 0 aliphatic rings. The average molecular weight is 217 g/mol. The molecule has 2 heterocycles. The molecule has 0 bridgehead atoms. The Kier molecular flexibility index (Phi) is 2.98. The van der Waals surface area contributed by atoms with Crippen LogP contribution >= 0.6 is 0 Å². The fraction of sp³-hybridized carbons (Fsp3) is 0.300. The minimum atomic E-state index is 0.467. The second-order valence-corrected chi connectivity index (χ2v) is 3.21. The summed E-state index contributed by atoms with van der Waals surface area (Å²) in [6.45, 7) is 0.943. The highest BCUT2D eigenvalue weighted by molar-refractivity contribution is 5.46. The van der Waals surface area contributed by atoms with Crippen LogP contribution in [0.25, 0.3) is 11.5 Å². The maximum Gasteiger partial charge on any atom is 0.240 e. The molecule has 2 aromatic heterocycles. The van der Waals surface area contributed by atoms with E-state index in [1.807, 2.05) is 11.6 Å². The van der Waals surface area contributed by atoms with Gasteiger partial charge >= 0.3 is 0 Å². The summed E-state index contributed by atoms with van der Waals surface area (Å²) in [7, 11) is 1.87. The quantitative estimate of drug-likeness (QED) is 0.585. The van der Waals surface area contributed by atoms with Gasteiger partial charge in [-0.15, -0.1) is 6.42 Å². The summed E-state index contributed by atoms with van der Waals surface area (Å²) in [5, 5.41) is 6.83. The Bertz CT molecular complexity index is 507. The lowest BCUT2D eigenvalue weighted by atomic mass is 10.4. The van der Waals surface area contributed by atoms with Gasteiger partial charge in [-0.05, 0) is 0 Å². The van der Waals surface area contributed by atoms with Crippen molar-refractivity contribution in [2.45, 2.75) is 6.54 Å². The number of hydrogen-bond acceptors (Lipinski definition) is 5. The number of nitrogens with zero attached hydrogens (tertiary/aromatic N) is 4. The molecule has 0 saturated heterocycles. The third kappa shape index (κ3) is 2.10. The van der Waals surface area contributed by atoms with Crippen LogP contribution in [0, 0.1) is 12.3 Å². The van der Waals surface area contributed by atoms with Crippen LogP contribution in [-0.2, 0) is 13.6 Å². The molecule has 6 nitrogen and oxygen atoms in total. The number of hydrogen-bond donors (Lipinski definition) is 1. The van der Waals surface area contributed by atoms with Crippen molar-refractivity contribution in [2.75, 3.05) is 6.54 Å². The summed E-state index contributed by atoms with van der Waals surface area (Å²) in [6.07, 6.45) is 8.47. The van der Waals surface area contributed by atoms with Gasteiger partial charge in [0, 0.05) is 7.05 Å². The largest absolute Gasteiger partial charge is 0.337 e. The first-order chi connectivity index (χ1) is 7.81. The van der Waals surface area contributed by atoms with Gasteiger partial charge in [0.05, 0.1) is 25.6 Å². The molecule has 0 aliphatic heterocycles. The molecule has 2 rings (SSSR count). The lowest BCUT2D eigenvalue weighted by molar-refractivity contribution is 0.370. The zero-order valence-electron chi connectivity index (χ0n) is 8.84. The molecule has 0 atom stereocenters. The van der Waals surface area contributed by atoms with Crippen LogP contribution in [0.1, 0.15) is 5.89 Å². The van der Waals surface area contributed by atoms with Crippen LogP contribution in [0.4, 0.5) is 0 Å². The van der Waals surface area contributed by atoms with Crippen LogP contribution in [0.2, 0.25) is 0 Å². The van der Waals surface area contributed by atoms with Crippen molar-refractivity contribution in [3.8, 4) is 23.9 Å². The van der Waals surface area contributed by atoms with Gasteiger partial charge in [0.25, 0.3) is 0 Å². The van der Waals surface area contributed by atoms with E-state index in [-0.39, 0.29) is 0 Å². The number of terminal acetylenes is 1. The van der Waals surface area contributed by atoms with Crippen LogP contribution in [0.5, 0.6) is 0 Å². The molecular weight excluding hydrogens is 206 g/mol. The average Bonchev–Trinajstić information content (AvgIpc) is 2.87. The predicted octanol–water partition coefficient (Wildman–Crippen LogP) is 0.193. The molecule has 0 spiro atoms. The third-order valence-electron chi connectivity index (χ3n) is 2.02. The van der Waals surface area contributed by atoms with Gasteiger partial charge in [-0.3, -0.25) is 5.32 Å². The highest BCUT2D eigenvalue weighted by Gasteiger charge is 2.10. The summed E-state index contributed by atoms with van der Waals surface area (Å²) >= 11 is 0. The summed E-state index contributed by atoms with van der Waals surface area (Å²) in [6, 6.07) is 0. The molecule has 0 radical (unpaired) electrons. The van der Waals surface area contributed by atoms with E-state index in [1.165, 1.54) is 0 Å². The Labute approximate surface area is 92.7 Å². The van der Waals surface area contributed by atoms with E-state index >= 15 is 0 Å². The number of nitrogens with one attached hydrogen (secondary N) is 1. The Morgan fingerprint density at radius 2 is 2.50 bits per heavy atom. The van der Waals surface area contributed by atoms with Gasteiger partial charge in [0.1, 0.15) is 5.69 Å². The Balaban J connectivity index is 2.09. The van der Waals surface area contributed by atoms with Gasteiger partial charge in [0.15, 0.2) is 0 Å². The van der Waals surface area contributed by atoms with E-state index < -0.39 is 0 Å². The summed E-state index contributed by atoms with van der Waals surface area (Å²) in [4.78, 5) is 8.20. The SMILES string of the molecule is C#CCNCc1nc(-c2cncn2C)no1. The van der Waals surface area contributed by atoms with Crippen molar-refractivity contribution in [1.29, 1.82) is 0 Å². The summed E-state index contributed by atoms with van der Waals surface area (Å²) < 4.78 is 6.88. The molecule has 0 saturated carbocycles. The lowest BCUT2D eigenvalue weighted by Crippen LogP contribution is -2.13. The van der Waals surface area contributed by atoms with Crippen molar-refractivity contribution in [3.05, 3.63) is 18.4 Å². The first-order valence-electron chi connectivity index (χ1n) is 4.74. The van der Waals surface area contributed by atoms with Gasteiger partial charge in [-0.1, -0.05) is 11.1 Å². The van der Waals surface area contributed by atoms with E-state index in [4.69, 9.17) is 10.9 Å². The predicted molar refractivity (Wildman–Crippen MR) is 57.0 cm³/mol. The van der Waals surface area contributed by atoms with E-state index in [1.54, 1.807) is 12.5 Å². The Morgan fingerprint density at radius 1 is 1.62 bits per heavy atom. The fourth-order valence-electron chi connectivity index (χ4n) is 1.24. The molecule has 0 aromatic carbocycles. The third-order valence-corrected chi connectivity index (χ3v) is 2.02. The summed E-state index contributed by atoms with van der Waals surface area (Å²) in [5.74, 6) is 3.50. The van der Waals surface area contributed by atoms with E-state index in [9.17, 15) is 0 Å². The zero-order valence-corrected chi connectivity index (χ0v) is 8.84. The van der Waals surface area contributed by atoms with Crippen LogP contribution in [-0.4, -0.2) is 26.2 Å². The lowest BCUT2D eigenvalue weighted by Gasteiger charge is -1.93. The number of aryl methyl sites for hydroxylation is 1. The van der Waals surface area contributed by atoms with Gasteiger partial charge < -0.3 is 9.09 Å². The van der Waals surface area contributed by atoms with E-state index in [0.29, 0.717) is 24.8 Å². The molecule has 1 N–H and O–H groups in total. The molecule has 6 heteroatoms. The molecule has 2 aromatic rings. The standard InChI is InChI=1S/C10H11N5O/c1-3-4-11-6-9-13-10(14-16-9)8-5-12-7-15(8)2/h1,5,7,11H,4,6H2,2H3. The second-order valence-electron chi connectivity index (χ2n) is 3.21. The monoisotopic (exact) mass is 217 g/mol. The number of aromatic nitrogens is 4. The molecule has 0 aliphatic carbocycles.